The van der Waals surface area contributed by atoms with E-state index in [0.717, 1.165) is 68.7 Å². The van der Waals surface area contributed by atoms with Crippen molar-refractivity contribution in [2.75, 3.05) is 64.2 Å². The second-order valence-corrected chi connectivity index (χ2v) is 13.9. The summed E-state index contributed by atoms with van der Waals surface area (Å²) in [6.45, 7) is 13.5. The molecule has 47 heavy (non-hydrogen) atoms. The molecule has 0 aromatic heterocycles. The zero-order chi connectivity index (χ0) is 32.9. The van der Waals surface area contributed by atoms with E-state index in [4.69, 9.17) is 4.74 Å². The topological polar surface area (TPSA) is 97.5 Å². The first kappa shape index (κ1) is 33.3. The smallest absolute Gasteiger partial charge is 0.410 e. The Hall–Kier alpha value is -3.63. The molecule has 4 aliphatic heterocycles. The fourth-order valence-corrected chi connectivity index (χ4v) is 7.82. The minimum atomic E-state index is -0.879. The Morgan fingerprint density at radius 2 is 1.53 bits per heavy atom. The van der Waals surface area contributed by atoms with Gasteiger partial charge in [0.05, 0.1) is 0 Å². The fourth-order valence-electron chi connectivity index (χ4n) is 7.82. The number of nitrogens with one attached hydrogen (secondary N) is 2. The highest BCUT2D eigenvalue weighted by Crippen LogP contribution is 2.26. The lowest BCUT2D eigenvalue weighted by Gasteiger charge is -2.40. The third-order valence-electron chi connectivity index (χ3n) is 10.9. The van der Waals surface area contributed by atoms with E-state index in [2.05, 4.69) is 54.5 Å². The van der Waals surface area contributed by atoms with E-state index >= 15 is 0 Å². The molecular formula is C37H52N6O4. The number of anilines is 1. The molecule has 0 saturated carbocycles. The highest BCUT2D eigenvalue weighted by molar-refractivity contribution is 5.91. The average molecular weight is 645 g/mol. The summed E-state index contributed by atoms with van der Waals surface area (Å²) in [6, 6.07) is 12.6. The van der Waals surface area contributed by atoms with Crippen LogP contribution in [0.2, 0.25) is 0 Å². The standard InChI is InChI=1S/C37H52N6O4/c1-26-23-29(24-27(2)28(26)3)25-34(35(44)41-17-10-31(11-18-41)40-16-6-14-38-15-22-40)47-37(46)42-19-12-32(13-20-42)43-21-9-30-7-4-5-8-33(30)39-36(43)45/h4-5,7-8,23-24,31-32,34,38H,6,9-22,25H2,1-3H3,(H,39,45)/t34-/m1/s1. The quantitative estimate of drug-likeness (QED) is 0.481. The van der Waals surface area contributed by atoms with Gasteiger partial charge in [0.25, 0.3) is 5.91 Å². The number of likely N-dealkylation sites (tertiary alicyclic amines) is 2. The Kier molecular flexibility index (Phi) is 10.7. The molecule has 2 aromatic rings. The van der Waals surface area contributed by atoms with Gasteiger partial charge in [-0.2, -0.15) is 0 Å². The van der Waals surface area contributed by atoms with E-state index in [9.17, 15) is 14.4 Å². The Labute approximate surface area is 279 Å². The number of piperidine rings is 2. The summed E-state index contributed by atoms with van der Waals surface area (Å²) in [5, 5.41) is 6.55. The van der Waals surface area contributed by atoms with Gasteiger partial charge in [-0.25, -0.2) is 9.59 Å². The molecule has 0 unspecified atom stereocenters. The van der Waals surface area contributed by atoms with Gasteiger partial charge in [-0.3, -0.25) is 9.69 Å². The second-order valence-electron chi connectivity index (χ2n) is 13.9. The van der Waals surface area contributed by atoms with Crippen LogP contribution in [0.25, 0.3) is 0 Å². The number of benzene rings is 2. The van der Waals surface area contributed by atoms with Crippen LogP contribution in [0.4, 0.5) is 15.3 Å². The van der Waals surface area contributed by atoms with Crippen molar-refractivity contribution in [3.63, 3.8) is 0 Å². The Balaban J connectivity index is 1.08. The van der Waals surface area contributed by atoms with Crippen molar-refractivity contribution >= 4 is 23.7 Å². The van der Waals surface area contributed by atoms with Crippen LogP contribution in [0.3, 0.4) is 0 Å². The van der Waals surface area contributed by atoms with Crippen LogP contribution >= 0.6 is 0 Å². The number of nitrogens with zero attached hydrogens (tertiary/aromatic N) is 4. The van der Waals surface area contributed by atoms with Gasteiger partial charge in [-0.05, 0) is 106 Å². The second kappa shape index (κ2) is 15.1. The van der Waals surface area contributed by atoms with Crippen molar-refractivity contribution in [1.29, 1.82) is 0 Å². The molecule has 4 aliphatic rings. The predicted molar refractivity (Wildman–Crippen MR) is 184 cm³/mol. The highest BCUT2D eigenvalue weighted by Gasteiger charge is 2.36. The number of carbonyl (C=O) groups excluding carboxylic acids is 3. The van der Waals surface area contributed by atoms with Gasteiger partial charge in [0, 0.05) is 70.0 Å². The zero-order valence-corrected chi connectivity index (χ0v) is 28.4. The fraction of sp³-hybridized carbons (Fsp3) is 0.595. The molecule has 10 nitrogen and oxygen atoms in total. The van der Waals surface area contributed by atoms with E-state index in [1.807, 2.05) is 28.0 Å². The first-order chi connectivity index (χ1) is 22.8. The molecule has 254 valence electrons. The summed E-state index contributed by atoms with van der Waals surface area (Å²) < 4.78 is 6.13. The van der Waals surface area contributed by atoms with E-state index < -0.39 is 12.2 Å². The minimum Gasteiger partial charge on any atom is -0.436 e. The summed E-state index contributed by atoms with van der Waals surface area (Å²) in [6.07, 6.45) is 4.22. The average Bonchev–Trinajstić information content (AvgIpc) is 3.46. The van der Waals surface area contributed by atoms with Crippen LogP contribution in [0.15, 0.2) is 36.4 Å². The van der Waals surface area contributed by atoms with E-state index in [-0.39, 0.29) is 18.0 Å². The molecule has 10 heteroatoms. The van der Waals surface area contributed by atoms with Crippen molar-refractivity contribution in [2.45, 2.75) is 83.9 Å². The molecule has 0 radical (unpaired) electrons. The van der Waals surface area contributed by atoms with Crippen LogP contribution in [0, 0.1) is 20.8 Å². The Morgan fingerprint density at radius 1 is 0.851 bits per heavy atom. The van der Waals surface area contributed by atoms with Gasteiger partial charge in [-0.15, -0.1) is 0 Å². The maximum atomic E-state index is 14.1. The first-order valence-corrected chi connectivity index (χ1v) is 17.7. The van der Waals surface area contributed by atoms with Crippen molar-refractivity contribution in [3.8, 4) is 0 Å². The number of amides is 4. The molecule has 4 amide bonds. The van der Waals surface area contributed by atoms with Gasteiger partial charge in [-0.1, -0.05) is 30.3 Å². The van der Waals surface area contributed by atoms with Gasteiger partial charge in [0.1, 0.15) is 0 Å². The molecule has 3 fully saturated rings. The number of urea groups is 1. The molecule has 4 heterocycles. The maximum absolute atomic E-state index is 14.1. The lowest BCUT2D eigenvalue weighted by Crippen LogP contribution is -2.52. The number of hydrogen-bond acceptors (Lipinski definition) is 6. The lowest BCUT2D eigenvalue weighted by molar-refractivity contribution is -0.142. The number of ether oxygens (including phenoxy) is 1. The summed E-state index contributed by atoms with van der Waals surface area (Å²) >= 11 is 0. The largest absolute Gasteiger partial charge is 0.436 e. The normalized spacial score (nSPS) is 21.0. The predicted octanol–water partition coefficient (Wildman–Crippen LogP) is 4.50. The molecular weight excluding hydrogens is 592 g/mol. The number of fused-ring (bicyclic) bond motifs is 1. The number of carbonyl (C=O) groups is 3. The molecule has 6 rings (SSSR count). The number of hydrogen-bond donors (Lipinski definition) is 2. The van der Waals surface area contributed by atoms with Gasteiger partial charge in [0.15, 0.2) is 6.10 Å². The van der Waals surface area contributed by atoms with E-state index in [0.29, 0.717) is 58.0 Å². The first-order valence-electron chi connectivity index (χ1n) is 17.7. The number of aryl methyl sites for hydroxylation is 2. The van der Waals surface area contributed by atoms with E-state index in [1.165, 1.54) is 16.7 Å². The summed E-state index contributed by atoms with van der Waals surface area (Å²) in [5.74, 6) is -0.0964. The van der Waals surface area contributed by atoms with Crippen LogP contribution in [0.1, 0.15) is 59.9 Å². The summed E-state index contributed by atoms with van der Waals surface area (Å²) in [5.41, 5.74) is 6.61. The third kappa shape index (κ3) is 7.92. The lowest BCUT2D eigenvalue weighted by atomic mass is 9.96. The van der Waals surface area contributed by atoms with Crippen molar-refractivity contribution < 1.29 is 19.1 Å². The summed E-state index contributed by atoms with van der Waals surface area (Å²) in [4.78, 5) is 48.9. The van der Waals surface area contributed by atoms with Crippen molar-refractivity contribution in [2.24, 2.45) is 0 Å². The Morgan fingerprint density at radius 3 is 2.28 bits per heavy atom. The molecule has 0 bridgehead atoms. The molecule has 0 spiro atoms. The van der Waals surface area contributed by atoms with Gasteiger partial charge < -0.3 is 30.1 Å². The molecule has 2 aromatic carbocycles. The highest BCUT2D eigenvalue weighted by atomic mass is 16.6. The van der Waals surface area contributed by atoms with E-state index in [1.54, 1.807) is 4.90 Å². The van der Waals surface area contributed by atoms with Crippen LogP contribution in [0.5, 0.6) is 0 Å². The monoisotopic (exact) mass is 644 g/mol. The van der Waals surface area contributed by atoms with Gasteiger partial charge in [0.2, 0.25) is 0 Å². The molecule has 2 N–H and O–H groups in total. The van der Waals surface area contributed by atoms with Crippen molar-refractivity contribution in [3.05, 3.63) is 64.2 Å². The van der Waals surface area contributed by atoms with Crippen LogP contribution in [-0.2, 0) is 22.4 Å². The Bertz CT molecular complexity index is 1400. The SMILES string of the molecule is Cc1cc(C[C@@H](OC(=O)N2CCC(N3CCc4ccccc4NC3=O)CC2)C(=O)N2CCC(N3CCCNCC3)CC2)cc(C)c1C. The molecule has 0 aliphatic carbocycles. The minimum absolute atomic E-state index is 0.0468. The molecule has 3 saturated heterocycles. The van der Waals surface area contributed by atoms with Crippen LogP contribution < -0.4 is 10.6 Å². The van der Waals surface area contributed by atoms with Crippen molar-refractivity contribution in [1.82, 2.24) is 24.9 Å². The maximum Gasteiger partial charge on any atom is 0.410 e. The third-order valence-corrected chi connectivity index (χ3v) is 10.9. The molecule has 1 atom stereocenters. The zero-order valence-electron chi connectivity index (χ0n) is 28.4. The number of rotatable bonds is 6. The van der Waals surface area contributed by atoms with Crippen LogP contribution in [-0.4, -0.2) is 115 Å². The number of para-hydroxylation sites is 1. The van der Waals surface area contributed by atoms with Gasteiger partial charge >= 0.3 is 12.1 Å². The summed E-state index contributed by atoms with van der Waals surface area (Å²) in [7, 11) is 0.